The third-order valence-electron chi connectivity index (χ3n) is 2.97. The van der Waals surface area contributed by atoms with Crippen LogP contribution in [0.3, 0.4) is 0 Å². The molecular formula is C11H23NO3Zr. The zero-order valence-electron chi connectivity index (χ0n) is 11.0. The molecule has 16 heavy (non-hydrogen) atoms. The quantitative estimate of drug-likeness (QED) is 0.539. The van der Waals surface area contributed by atoms with Crippen LogP contribution in [0.5, 0.6) is 0 Å². The molecule has 0 bridgehead atoms. The third kappa shape index (κ3) is 9.23. The molecule has 0 aliphatic carbocycles. The average Bonchev–Trinajstić information content (AvgIpc) is 2.23. The van der Waals surface area contributed by atoms with Gasteiger partial charge in [-0.3, -0.25) is 4.79 Å². The van der Waals surface area contributed by atoms with E-state index < -0.39 is 11.8 Å². The molecule has 0 aromatic carbocycles. The van der Waals surface area contributed by atoms with Gasteiger partial charge >= 0.3 is 0 Å². The monoisotopic (exact) mass is 307 g/mol. The number of carbonyl (C=O) groups is 2. The van der Waals surface area contributed by atoms with E-state index in [-0.39, 0.29) is 26.2 Å². The van der Waals surface area contributed by atoms with Crippen LogP contribution in [0.1, 0.15) is 34.6 Å². The van der Waals surface area contributed by atoms with E-state index in [0.717, 1.165) is 6.92 Å². The first kappa shape index (κ1) is 21.3. The Kier molecular flexibility index (Phi) is 15.3. The van der Waals surface area contributed by atoms with Crippen molar-refractivity contribution in [2.75, 3.05) is 26.2 Å². The average molecular weight is 309 g/mol. The van der Waals surface area contributed by atoms with E-state index in [1.165, 1.54) is 30.7 Å². The summed E-state index contributed by atoms with van der Waals surface area (Å²) in [6.45, 7) is 15.2. The number of Topliss-reactive ketones (excluding diaryl/α,β-unsaturated/α-hetero) is 1. The van der Waals surface area contributed by atoms with Gasteiger partial charge in [-0.2, -0.15) is 0 Å². The van der Waals surface area contributed by atoms with Crippen molar-refractivity contribution in [1.29, 1.82) is 0 Å². The summed E-state index contributed by atoms with van der Waals surface area (Å²) in [7, 11) is 0. The first-order chi connectivity index (χ1) is 6.89. The molecule has 0 aliphatic heterocycles. The van der Waals surface area contributed by atoms with E-state index in [9.17, 15) is 14.7 Å². The Morgan fingerprint density at radius 2 is 1.12 bits per heavy atom. The van der Waals surface area contributed by atoms with E-state index in [1.54, 1.807) is 0 Å². The minimum Gasteiger partial charge on any atom is -0.542 e. The SMILES string of the molecule is CC(=O)C(=O)[O-].CC[N+](CC)(CC)CC.[Zr]. The number of quaternary nitrogens is 1. The van der Waals surface area contributed by atoms with Crippen LogP contribution in [0, 0.1) is 0 Å². The van der Waals surface area contributed by atoms with Gasteiger partial charge in [-0.1, -0.05) is 0 Å². The first-order valence-electron chi connectivity index (χ1n) is 5.46. The standard InChI is InChI=1S/C8H20N.C3H4O3.Zr/c1-5-9(6-2,7-3)8-4;1-2(4)3(5)6;/h5-8H2,1-4H3;1H3,(H,5,6);/q+1;;/p-1. The molecule has 94 valence electrons. The fourth-order valence-electron chi connectivity index (χ4n) is 1.34. The van der Waals surface area contributed by atoms with E-state index in [2.05, 4.69) is 27.7 Å². The van der Waals surface area contributed by atoms with Gasteiger partial charge in [0, 0.05) is 33.1 Å². The molecule has 0 amide bonds. The second-order valence-electron chi connectivity index (χ2n) is 3.45. The molecule has 0 saturated carbocycles. The van der Waals surface area contributed by atoms with Crippen molar-refractivity contribution in [3.05, 3.63) is 0 Å². The Bertz CT molecular complexity index is 174. The normalized spacial score (nSPS) is 9.56. The zero-order valence-corrected chi connectivity index (χ0v) is 13.5. The van der Waals surface area contributed by atoms with Gasteiger partial charge in [-0.25, -0.2) is 0 Å². The molecule has 0 aromatic rings. The maximum absolute atomic E-state index is 9.48. The van der Waals surface area contributed by atoms with Crippen LogP contribution in [-0.4, -0.2) is 42.4 Å². The van der Waals surface area contributed by atoms with Crippen molar-refractivity contribution in [2.24, 2.45) is 0 Å². The summed E-state index contributed by atoms with van der Waals surface area (Å²) in [6, 6.07) is 0. The van der Waals surface area contributed by atoms with E-state index in [1.807, 2.05) is 0 Å². The topological polar surface area (TPSA) is 57.2 Å². The van der Waals surface area contributed by atoms with Gasteiger partial charge in [0.2, 0.25) is 0 Å². The van der Waals surface area contributed by atoms with Gasteiger partial charge < -0.3 is 14.4 Å². The molecule has 0 unspecified atom stereocenters. The largest absolute Gasteiger partial charge is 0.542 e. The second kappa shape index (κ2) is 11.5. The number of nitrogens with zero attached hydrogens (tertiary/aromatic N) is 1. The maximum atomic E-state index is 9.48. The number of hydrogen-bond donors (Lipinski definition) is 0. The molecule has 0 aromatic heterocycles. The summed E-state index contributed by atoms with van der Waals surface area (Å²) in [5.41, 5.74) is 0. The van der Waals surface area contributed by atoms with Crippen molar-refractivity contribution in [2.45, 2.75) is 34.6 Å². The summed E-state index contributed by atoms with van der Waals surface area (Å²) in [6.07, 6.45) is 0. The van der Waals surface area contributed by atoms with Crippen molar-refractivity contribution in [1.82, 2.24) is 0 Å². The number of hydrogen-bond acceptors (Lipinski definition) is 3. The van der Waals surface area contributed by atoms with Crippen LogP contribution in [0.15, 0.2) is 0 Å². The summed E-state index contributed by atoms with van der Waals surface area (Å²) < 4.78 is 1.28. The van der Waals surface area contributed by atoms with Crippen molar-refractivity contribution in [3.8, 4) is 0 Å². The minimum atomic E-state index is -1.63. The molecular weight excluding hydrogens is 285 g/mol. The third-order valence-corrected chi connectivity index (χ3v) is 2.97. The molecule has 0 fully saturated rings. The molecule has 5 heteroatoms. The number of carboxylic acid groups (broad SMARTS) is 1. The summed E-state index contributed by atoms with van der Waals surface area (Å²) in [5.74, 6) is -2.56. The number of carbonyl (C=O) groups excluding carboxylic acids is 2. The molecule has 0 atom stereocenters. The zero-order chi connectivity index (χ0) is 12.5. The molecule has 0 heterocycles. The fraction of sp³-hybridized carbons (Fsp3) is 0.818. The van der Waals surface area contributed by atoms with Gasteiger partial charge in [-0.05, 0) is 27.7 Å². The molecule has 0 saturated heterocycles. The van der Waals surface area contributed by atoms with Crippen LogP contribution in [-0.2, 0) is 35.8 Å². The smallest absolute Gasteiger partial charge is 0.175 e. The van der Waals surface area contributed by atoms with Gasteiger partial charge in [0.1, 0.15) is 5.97 Å². The maximum Gasteiger partial charge on any atom is 0.175 e. The molecule has 0 rings (SSSR count). The van der Waals surface area contributed by atoms with Crippen molar-refractivity contribution in [3.63, 3.8) is 0 Å². The Hall–Kier alpha value is -0.0169. The fourth-order valence-corrected chi connectivity index (χ4v) is 1.34. The predicted molar refractivity (Wildman–Crippen MR) is 58.1 cm³/mol. The van der Waals surface area contributed by atoms with E-state index in [4.69, 9.17) is 0 Å². The number of carboxylic acids is 1. The molecule has 0 radical (unpaired) electrons. The molecule has 0 N–H and O–H groups in total. The van der Waals surface area contributed by atoms with Crippen LogP contribution >= 0.6 is 0 Å². The number of rotatable bonds is 5. The van der Waals surface area contributed by atoms with E-state index >= 15 is 0 Å². The van der Waals surface area contributed by atoms with Gasteiger partial charge in [-0.15, -0.1) is 0 Å². The Morgan fingerprint density at radius 1 is 0.938 bits per heavy atom. The summed E-state index contributed by atoms with van der Waals surface area (Å²) >= 11 is 0. The molecule has 4 nitrogen and oxygen atoms in total. The van der Waals surface area contributed by atoms with Gasteiger partial charge in [0.25, 0.3) is 0 Å². The van der Waals surface area contributed by atoms with Crippen LogP contribution in [0.2, 0.25) is 0 Å². The number of aliphatic carboxylic acids is 1. The second-order valence-corrected chi connectivity index (χ2v) is 3.45. The van der Waals surface area contributed by atoms with Crippen LogP contribution < -0.4 is 5.11 Å². The Morgan fingerprint density at radius 3 is 1.12 bits per heavy atom. The van der Waals surface area contributed by atoms with Crippen molar-refractivity contribution >= 4 is 11.8 Å². The van der Waals surface area contributed by atoms with Crippen LogP contribution in [0.25, 0.3) is 0 Å². The first-order valence-corrected chi connectivity index (χ1v) is 5.46. The van der Waals surface area contributed by atoms with Gasteiger partial charge in [0.05, 0.1) is 26.2 Å². The van der Waals surface area contributed by atoms with E-state index in [0.29, 0.717) is 0 Å². The summed E-state index contributed by atoms with van der Waals surface area (Å²) in [4.78, 5) is 18.7. The molecule has 0 spiro atoms. The Labute approximate surface area is 118 Å². The van der Waals surface area contributed by atoms with Crippen molar-refractivity contribution < 1.29 is 45.4 Å². The number of ketones is 1. The van der Waals surface area contributed by atoms with Gasteiger partial charge in [0.15, 0.2) is 5.78 Å². The Balaban J connectivity index is -0.000000214. The molecule has 0 aliphatic rings. The van der Waals surface area contributed by atoms with Crippen LogP contribution in [0.4, 0.5) is 0 Å². The predicted octanol–water partition coefficient (Wildman–Crippen LogP) is 0.206. The summed E-state index contributed by atoms with van der Waals surface area (Å²) in [5, 5.41) is 9.24. The minimum absolute atomic E-state index is 0.